The van der Waals surface area contributed by atoms with Crippen LogP contribution in [0.3, 0.4) is 0 Å². The van der Waals surface area contributed by atoms with Gasteiger partial charge in [-0.05, 0) is 18.6 Å². The van der Waals surface area contributed by atoms with Crippen molar-refractivity contribution in [3.63, 3.8) is 0 Å². The van der Waals surface area contributed by atoms with Crippen molar-refractivity contribution >= 4 is 11.8 Å². The van der Waals surface area contributed by atoms with Crippen molar-refractivity contribution in [3.05, 3.63) is 11.8 Å². The zero-order valence-electron chi connectivity index (χ0n) is 6.69. The van der Waals surface area contributed by atoms with E-state index in [2.05, 4.69) is 10.2 Å². The van der Waals surface area contributed by atoms with Crippen LogP contribution in [-0.4, -0.2) is 16.0 Å². The molecule has 0 amide bonds. The molecule has 1 unspecified atom stereocenters. The van der Waals surface area contributed by atoms with Gasteiger partial charge in [-0.3, -0.25) is 0 Å². The first-order chi connectivity index (χ1) is 5.90. The largest absolute Gasteiger partial charge is 0.423 e. The van der Waals surface area contributed by atoms with Gasteiger partial charge in [0.25, 0.3) is 0 Å². The summed E-state index contributed by atoms with van der Waals surface area (Å²) in [5, 5.41) is 8.19. The number of thioether (sulfide) groups is 1. The van der Waals surface area contributed by atoms with Crippen molar-refractivity contribution in [1.29, 1.82) is 0 Å². The zero-order chi connectivity index (χ0) is 8.39. The summed E-state index contributed by atoms with van der Waals surface area (Å²) in [6, 6.07) is 0. The van der Waals surface area contributed by atoms with E-state index in [1.165, 1.54) is 12.2 Å². The Hall–Kier alpha value is -0.550. The van der Waals surface area contributed by atoms with Crippen LogP contribution >= 0.6 is 11.8 Å². The second-order valence-electron chi connectivity index (χ2n) is 2.74. The van der Waals surface area contributed by atoms with Gasteiger partial charge in [-0.25, -0.2) is 0 Å². The van der Waals surface area contributed by atoms with Gasteiger partial charge in [0.1, 0.15) is 0 Å². The standard InChI is InChI=1S/C7H11N3OS/c8-4-6-9-10-7(11-6)5-2-1-3-12-5/h5H,1-4,8H2. The number of aromatic nitrogens is 2. The van der Waals surface area contributed by atoms with Gasteiger partial charge >= 0.3 is 0 Å². The van der Waals surface area contributed by atoms with Crippen molar-refractivity contribution in [1.82, 2.24) is 10.2 Å². The molecule has 5 heteroatoms. The first kappa shape index (κ1) is 8.07. The monoisotopic (exact) mass is 185 g/mol. The van der Waals surface area contributed by atoms with Crippen LogP contribution in [0.4, 0.5) is 0 Å². The molecule has 1 aliphatic heterocycles. The molecule has 66 valence electrons. The molecule has 0 aliphatic carbocycles. The van der Waals surface area contributed by atoms with Crippen LogP contribution in [0.15, 0.2) is 4.42 Å². The molecule has 0 radical (unpaired) electrons. The van der Waals surface area contributed by atoms with Gasteiger partial charge < -0.3 is 10.2 Å². The molecule has 1 aliphatic rings. The maximum atomic E-state index is 5.36. The van der Waals surface area contributed by atoms with Gasteiger partial charge in [0.15, 0.2) is 0 Å². The van der Waals surface area contributed by atoms with Crippen LogP contribution in [0.2, 0.25) is 0 Å². The average molecular weight is 185 g/mol. The number of hydrogen-bond donors (Lipinski definition) is 1. The Bertz CT molecular complexity index is 257. The van der Waals surface area contributed by atoms with E-state index in [0.717, 1.165) is 12.3 Å². The summed E-state index contributed by atoms with van der Waals surface area (Å²) in [4.78, 5) is 0. The minimum Gasteiger partial charge on any atom is -0.423 e. The number of nitrogens with two attached hydrogens (primary N) is 1. The molecular formula is C7H11N3OS. The Morgan fingerprint density at radius 2 is 2.50 bits per heavy atom. The Morgan fingerprint density at radius 1 is 1.58 bits per heavy atom. The van der Waals surface area contributed by atoms with Crippen molar-refractivity contribution in [2.24, 2.45) is 5.73 Å². The minimum atomic E-state index is 0.338. The number of rotatable bonds is 2. The first-order valence-corrected chi connectivity index (χ1v) is 5.09. The van der Waals surface area contributed by atoms with Crippen molar-refractivity contribution < 1.29 is 4.42 Å². The zero-order valence-corrected chi connectivity index (χ0v) is 7.51. The summed E-state index contributed by atoms with van der Waals surface area (Å²) in [7, 11) is 0. The third-order valence-electron chi connectivity index (χ3n) is 1.86. The lowest BCUT2D eigenvalue weighted by molar-refractivity contribution is 0.445. The van der Waals surface area contributed by atoms with Crippen molar-refractivity contribution in [3.8, 4) is 0 Å². The lowest BCUT2D eigenvalue weighted by Gasteiger charge is -1.99. The summed E-state index contributed by atoms with van der Waals surface area (Å²) < 4.78 is 5.35. The van der Waals surface area contributed by atoms with Crippen LogP contribution < -0.4 is 5.73 Å². The maximum Gasteiger partial charge on any atom is 0.230 e. The molecule has 0 bridgehead atoms. The summed E-state index contributed by atoms with van der Waals surface area (Å²) in [5.41, 5.74) is 5.36. The van der Waals surface area contributed by atoms with Gasteiger partial charge in [0.2, 0.25) is 11.8 Å². The van der Waals surface area contributed by atoms with E-state index in [-0.39, 0.29) is 0 Å². The Morgan fingerprint density at radius 3 is 3.08 bits per heavy atom. The predicted octanol–water partition coefficient (Wildman–Crippen LogP) is 1.10. The summed E-state index contributed by atoms with van der Waals surface area (Å²) in [6.45, 7) is 0.338. The average Bonchev–Trinajstić information content (AvgIpc) is 2.75. The topological polar surface area (TPSA) is 64.9 Å². The predicted molar refractivity (Wildman–Crippen MR) is 46.6 cm³/mol. The molecular weight excluding hydrogens is 174 g/mol. The number of hydrogen-bond acceptors (Lipinski definition) is 5. The molecule has 2 N–H and O–H groups in total. The Kier molecular flexibility index (Phi) is 2.32. The second kappa shape index (κ2) is 3.45. The van der Waals surface area contributed by atoms with E-state index in [1.54, 1.807) is 0 Å². The van der Waals surface area contributed by atoms with E-state index < -0.39 is 0 Å². The van der Waals surface area contributed by atoms with Crippen LogP contribution in [0.5, 0.6) is 0 Å². The molecule has 1 fully saturated rings. The van der Waals surface area contributed by atoms with E-state index in [9.17, 15) is 0 Å². The highest BCUT2D eigenvalue weighted by atomic mass is 32.2. The third kappa shape index (κ3) is 1.47. The molecule has 2 rings (SSSR count). The molecule has 4 nitrogen and oxygen atoms in total. The van der Waals surface area contributed by atoms with Gasteiger partial charge in [-0.15, -0.1) is 22.0 Å². The maximum absolute atomic E-state index is 5.36. The van der Waals surface area contributed by atoms with E-state index in [1.807, 2.05) is 11.8 Å². The van der Waals surface area contributed by atoms with E-state index in [4.69, 9.17) is 10.2 Å². The molecule has 1 atom stereocenters. The first-order valence-electron chi connectivity index (χ1n) is 4.04. The summed E-state index contributed by atoms with van der Waals surface area (Å²) in [6.07, 6.45) is 2.40. The smallest absolute Gasteiger partial charge is 0.230 e. The fourth-order valence-electron chi connectivity index (χ4n) is 1.25. The normalized spacial score (nSPS) is 23.2. The Labute approximate surface area is 74.9 Å². The fraction of sp³-hybridized carbons (Fsp3) is 0.714. The van der Waals surface area contributed by atoms with Crippen molar-refractivity contribution in [2.45, 2.75) is 24.6 Å². The van der Waals surface area contributed by atoms with Crippen molar-refractivity contribution in [2.75, 3.05) is 5.75 Å². The van der Waals surface area contributed by atoms with Crippen LogP contribution in [-0.2, 0) is 6.54 Å². The minimum absolute atomic E-state index is 0.338. The van der Waals surface area contributed by atoms with Crippen LogP contribution in [0.1, 0.15) is 29.9 Å². The summed E-state index contributed by atoms with van der Waals surface area (Å²) >= 11 is 1.88. The molecule has 0 spiro atoms. The fourth-order valence-corrected chi connectivity index (χ4v) is 2.44. The van der Waals surface area contributed by atoms with E-state index >= 15 is 0 Å². The van der Waals surface area contributed by atoms with E-state index in [0.29, 0.717) is 17.7 Å². The highest BCUT2D eigenvalue weighted by Gasteiger charge is 2.22. The molecule has 12 heavy (non-hydrogen) atoms. The van der Waals surface area contributed by atoms with Gasteiger partial charge in [-0.2, -0.15) is 0 Å². The summed E-state index contributed by atoms with van der Waals surface area (Å²) in [5.74, 6) is 2.49. The molecule has 0 aromatic carbocycles. The van der Waals surface area contributed by atoms with Crippen LogP contribution in [0.25, 0.3) is 0 Å². The quantitative estimate of drug-likeness (QED) is 0.747. The molecule has 0 saturated carbocycles. The Balaban J connectivity index is 2.11. The highest BCUT2D eigenvalue weighted by Crippen LogP contribution is 2.38. The second-order valence-corrected chi connectivity index (χ2v) is 4.05. The third-order valence-corrected chi connectivity index (χ3v) is 3.23. The molecule has 2 heterocycles. The molecule has 1 aromatic heterocycles. The lowest BCUT2D eigenvalue weighted by Crippen LogP contribution is -1.95. The SMILES string of the molecule is NCc1nnc(C2CCCS2)o1. The lowest BCUT2D eigenvalue weighted by atomic mass is 10.2. The van der Waals surface area contributed by atoms with Gasteiger partial charge in [0, 0.05) is 0 Å². The molecule has 1 saturated heterocycles. The number of nitrogens with zero attached hydrogens (tertiary/aromatic N) is 2. The van der Waals surface area contributed by atoms with Gasteiger partial charge in [0.05, 0.1) is 11.8 Å². The van der Waals surface area contributed by atoms with Crippen LogP contribution in [0, 0.1) is 0 Å². The highest BCUT2D eigenvalue weighted by molar-refractivity contribution is 7.99. The molecule has 1 aromatic rings. The van der Waals surface area contributed by atoms with Gasteiger partial charge in [-0.1, -0.05) is 0 Å².